The first-order chi connectivity index (χ1) is 33.1. The second-order valence-electron chi connectivity index (χ2n) is 18.2. The largest absolute Gasteiger partial charge is 0.508 e. The molecule has 6 heterocycles. The van der Waals surface area contributed by atoms with Gasteiger partial charge in [-0.25, -0.2) is 4.39 Å². The molecular formula is C52H54FN11O4. The maximum atomic E-state index is 17.0. The number of carbonyl (C=O) groups is 1. The molecule has 0 spiro atoms. The fourth-order valence-electron chi connectivity index (χ4n) is 9.91. The van der Waals surface area contributed by atoms with E-state index in [2.05, 4.69) is 41.5 Å². The minimum absolute atomic E-state index is 0.0133. The van der Waals surface area contributed by atoms with Crippen molar-refractivity contribution < 1.29 is 24.1 Å². The zero-order valence-corrected chi connectivity index (χ0v) is 38.4. The number of carbonyl (C=O) groups excluding carboxylic acids is 1. The number of pyridine rings is 1. The molecule has 0 saturated carbocycles. The smallest absolute Gasteiger partial charge is 0.319 e. The Morgan fingerprint density at radius 1 is 0.941 bits per heavy atom. The molecule has 1 amide bonds. The highest BCUT2D eigenvalue weighted by Crippen LogP contribution is 2.39. The average Bonchev–Trinajstić information content (AvgIpc) is 3.94. The van der Waals surface area contributed by atoms with E-state index in [1.165, 1.54) is 6.07 Å². The van der Waals surface area contributed by atoms with E-state index >= 15 is 4.39 Å². The monoisotopic (exact) mass is 915 g/mol. The summed E-state index contributed by atoms with van der Waals surface area (Å²) in [5, 5.41) is 38.7. The number of piperazine rings is 2. The lowest BCUT2D eigenvalue weighted by Gasteiger charge is -2.35. The van der Waals surface area contributed by atoms with Crippen molar-refractivity contribution in [1.29, 1.82) is 0 Å². The highest BCUT2D eigenvalue weighted by Gasteiger charge is 2.34. The van der Waals surface area contributed by atoms with E-state index in [-0.39, 0.29) is 46.3 Å². The number of anilines is 1. The van der Waals surface area contributed by atoms with Crippen molar-refractivity contribution in [3.8, 4) is 58.2 Å². The molecule has 4 aromatic carbocycles. The van der Waals surface area contributed by atoms with E-state index in [1.807, 2.05) is 81.4 Å². The first-order valence-corrected chi connectivity index (χ1v) is 23.4. The topological polar surface area (TPSA) is 170 Å². The molecule has 0 aliphatic carbocycles. The number of ether oxygens (including phenoxy) is 1. The third-order valence-corrected chi connectivity index (χ3v) is 13.4. The van der Waals surface area contributed by atoms with Crippen molar-refractivity contribution in [2.75, 3.05) is 63.9 Å². The second-order valence-corrected chi connectivity index (χ2v) is 18.2. The summed E-state index contributed by atoms with van der Waals surface area (Å²) in [7, 11) is 0. The predicted molar refractivity (Wildman–Crippen MR) is 260 cm³/mol. The van der Waals surface area contributed by atoms with Gasteiger partial charge in [0.1, 0.15) is 35.1 Å². The number of phenols is 2. The fourth-order valence-corrected chi connectivity index (χ4v) is 9.91. The number of phenolic OH excluding ortho intramolecular Hbond substituents is 2. The van der Waals surface area contributed by atoms with Gasteiger partial charge in [0.2, 0.25) is 5.82 Å². The third-order valence-electron chi connectivity index (χ3n) is 13.4. The van der Waals surface area contributed by atoms with Gasteiger partial charge in [-0.3, -0.25) is 24.1 Å². The first kappa shape index (κ1) is 44.6. The average molecular weight is 916 g/mol. The van der Waals surface area contributed by atoms with E-state index in [4.69, 9.17) is 26.1 Å². The Hall–Kier alpha value is -7.19. The van der Waals surface area contributed by atoms with Crippen LogP contribution < -0.4 is 20.3 Å². The Labute approximate surface area is 394 Å². The van der Waals surface area contributed by atoms with Crippen LogP contribution in [0.1, 0.15) is 66.8 Å². The zero-order chi connectivity index (χ0) is 47.1. The van der Waals surface area contributed by atoms with Gasteiger partial charge in [-0.1, -0.05) is 62.2 Å². The Kier molecular flexibility index (Phi) is 12.4. The number of hydrogen-bond acceptors (Lipinski definition) is 13. The van der Waals surface area contributed by atoms with Crippen LogP contribution in [0.2, 0.25) is 0 Å². The summed E-state index contributed by atoms with van der Waals surface area (Å²) in [5.74, 6) is 2.62. The molecule has 15 nitrogen and oxygen atoms in total. The van der Waals surface area contributed by atoms with Crippen molar-refractivity contribution in [1.82, 2.24) is 50.1 Å². The Morgan fingerprint density at radius 2 is 1.68 bits per heavy atom. The van der Waals surface area contributed by atoms with Crippen LogP contribution in [0.4, 0.5) is 10.2 Å². The quantitative estimate of drug-likeness (QED) is 0.0911. The van der Waals surface area contributed by atoms with E-state index in [0.29, 0.717) is 70.9 Å². The van der Waals surface area contributed by atoms with Gasteiger partial charge in [0, 0.05) is 105 Å². The third kappa shape index (κ3) is 8.64. The highest BCUT2D eigenvalue weighted by atomic mass is 19.1. The molecule has 3 fully saturated rings. The van der Waals surface area contributed by atoms with Crippen molar-refractivity contribution >= 4 is 33.4 Å². The minimum Gasteiger partial charge on any atom is -0.508 e. The van der Waals surface area contributed by atoms with E-state index in [0.717, 1.165) is 75.0 Å². The molecule has 16 heteroatoms. The van der Waals surface area contributed by atoms with Crippen molar-refractivity contribution in [2.24, 2.45) is 0 Å². The summed E-state index contributed by atoms with van der Waals surface area (Å²) < 4.78 is 24.9. The number of terminal acetylenes is 1. The van der Waals surface area contributed by atoms with Crippen LogP contribution in [0.3, 0.4) is 0 Å². The Bertz CT molecular complexity index is 3050. The van der Waals surface area contributed by atoms with Crippen LogP contribution in [0.15, 0.2) is 79.0 Å². The number of nitrogens with zero attached hydrogens (tertiary/aromatic N) is 9. The van der Waals surface area contributed by atoms with Gasteiger partial charge in [0.15, 0.2) is 11.6 Å². The number of halogens is 1. The standard InChI is InChI=1S/C52H54FN11O4/c1-5-33-9-7-10-34-11-8-12-38(44(33)34)46-45(53)47-41(27-55-46)48(63-29-35-15-16-36(30-63)56-35)58-52(57-47)68-24-23-61-19-21-62(22-20-61)28-32-13-17-37(18-14-32)64-49(59-60-50(64)51(67)54-6-2)40-25-39(31(3)4)42(65)26-43(40)66/h1,7-14,17-18,25-27,31,35-36,56,65-66H,6,15-16,19-24,28-30H2,2-4H3,(H,54,67). The van der Waals surface area contributed by atoms with Crippen LogP contribution >= 0.6 is 0 Å². The van der Waals surface area contributed by atoms with E-state index in [1.54, 1.807) is 16.8 Å². The fraction of sp³-hybridized carbons (Fsp3) is 0.346. The normalized spacial score (nSPS) is 17.6. The molecule has 68 heavy (non-hydrogen) atoms. The Morgan fingerprint density at radius 3 is 2.40 bits per heavy atom. The Balaban J connectivity index is 0.825. The van der Waals surface area contributed by atoms with Gasteiger partial charge < -0.3 is 30.5 Å². The first-order valence-electron chi connectivity index (χ1n) is 23.4. The molecule has 2 atom stereocenters. The summed E-state index contributed by atoms with van der Waals surface area (Å²) in [6, 6.07) is 23.1. The number of fused-ring (bicyclic) bond motifs is 4. The van der Waals surface area contributed by atoms with Gasteiger partial charge in [-0.15, -0.1) is 16.6 Å². The molecule has 2 unspecified atom stereocenters. The summed E-state index contributed by atoms with van der Waals surface area (Å²) in [5.41, 5.74) is 4.37. The van der Waals surface area contributed by atoms with Gasteiger partial charge in [-0.05, 0) is 66.5 Å². The van der Waals surface area contributed by atoms with Crippen LogP contribution in [0.25, 0.3) is 50.0 Å². The van der Waals surface area contributed by atoms with Crippen LogP contribution in [-0.2, 0) is 6.54 Å². The van der Waals surface area contributed by atoms with Gasteiger partial charge in [-0.2, -0.15) is 9.97 Å². The van der Waals surface area contributed by atoms with E-state index in [9.17, 15) is 15.0 Å². The molecule has 2 bridgehead atoms. The SMILES string of the molecule is C#Cc1cccc2cccc(-c3ncc4c(N5CC6CCC(C5)N6)nc(OCCN5CCN(Cc6ccc(-n7c(C(=O)NCC)nnc7-c7cc(C(C)C)c(O)cc7O)cc6)CC5)nc4c3F)c12. The molecule has 3 aliphatic heterocycles. The van der Waals surface area contributed by atoms with Gasteiger partial charge in [0.05, 0.1) is 10.9 Å². The molecule has 3 aliphatic rings. The number of benzene rings is 4. The van der Waals surface area contributed by atoms with Gasteiger partial charge >= 0.3 is 6.01 Å². The molecule has 348 valence electrons. The highest BCUT2D eigenvalue weighted by molar-refractivity contribution is 6.02. The summed E-state index contributed by atoms with van der Waals surface area (Å²) in [4.78, 5) is 34.5. The molecular weight excluding hydrogens is 862 g/mol. The second kappa shape index (κ2) is 18.8. The van der Waals surface area contributed by atoms with Crippen LogP contribution in [0.5, 0.6) is 17.5 Å². The number of nitrogens with one attached hydrogen (secondary N) is 2. The molecule has 3 saturated heterocycles. The lowest BCUT2D eigenvalue weighted by atomic mass is 9.97. The summed E-state index contributed by atoms with van der Waals surface area (Å²) in [6.07, 6.45) is 9.77. The van der Waals surface area contributed by atoms with Crippen molar-refractivity contribution in [3.63, 3.8) is 0 Å². The van der Waals surface area contributed by atoms with Gasteiger partial charge in [0.25, 0.3) is 5.91 Å². The molecule has 4 N–H and O–H groups in total. The van der Waals surface area contributed by atoms with E-state index < -0.39 is 11.7 Å². The lowest BCUT2D eigenvalue weighted by Crippen LogP contribution is -2.51. The van der Waals surface area contributed by atoms with Crippen LogP contribution in [0, 0.1) is 18.2 Å². The molecule has 0 radical (unpaired) electrons. The number of hydrogen-bond donors (Lipinski definition) is 4. The number of rotatable bonds is 13. The maximum absolute atomic E-state index is 17.0. The number of amides is 1. The van der Waals surface area contributed by atoms with Crippen LogP contribution in [-0.4, -0.2) is 127 Å². The molecule has 7 aromatic rings. The maximum Gasteiger partial charge on any atom is 0.319 e. The van der Waals surface area contributed by atoms with Crippen molar-refractivity contribution in [3.05, 3.63) is 107 Å². The molecule has 3 aromatic heterocycles. The lowest BCUT2D eigenvalue weighted by molar-refractivity contribution is 0.0943. The number of aromatic hydroxyl groups is 2. The zero-order valence-electron chi connectivity index (χ0n) is 38.4. The summed E-state index contributed by atoms with van der Waals surface area (Å²) in [6.45, 7) is 12.7. The summed E-state index contributed by atoms with van der Waals surface area (Å²) >= 11 is 0. The minimum atomic E-state index is -0.540. The predicted octanol–water partition coefficient (Wildman–Crippen LogP) is 6.63. The van der Waals surface area contributed by atoms with Crippen molar-refractivity contribution in [2.45, 2.75) is 58.2 Å². The molecule has 10 rings (SSSR count). The number of aromatic nitrogens is 6.